The molecule has 1 fully saturated rings. The molecular formula is C26H27FN4O5. The average molecular weight is 495 g/mol. The van der Waals surface area contributed by atoms with Crippen molar-refractivity contribution in [3.05, 3.63) is 92.0 Å². The number of amides is 1. The van der Waals surface area contributed by atoms with Crippen LogP contribution in [0.4, 0.5) is 4.39 Å². The van der Waals surface area contributed by atoms with Gasteiger partial charge in [-0.05, 0) is 62.1 Å². The van der Waals surface area contributed by atoms with E-state index in [1.54, 1.807) is 31.2 Å². The summed E-state index contributed by atoms with van der Waals surface area (Å²) in [7, 11) is 0. The fourth-order valence-corrected chi connectivity index (χ4v) is 4.30. The number of aryl methyl sites for hydroxylation is 1. The lowest BCUT2D eigenvalue weighted by atomic mass is 9.98. The molecule has 3 aromatic rings. The van der Waals surface area contributed by atoms with E-state index < -0.39 is 40.6 Å². The monoisotopic (exact) mass is 494 g/mol. The zero-order valence-corrected chi connectivity index (χ0v) is 20.1. The summed E-state index contributed by atoms with van der Waals surface area (Å²) in [6, 6.07) is 12.5. The van der Waals surface area contributed by atoms with Gasteiger partial charge in [0.15, 0.2) is 0 Å². The van der Waals surface area contributed by atoms with Crippen LogP contribution in [0.25, 0.3) is 5.69 Å². The van der Waals surface area contributed by atoms with E-state index in [9.17, 15) is 23.6 Å². The molecule has 188 valence electrons. The number of ether oxygens (including phenoxy) is 1. The number of rotatable bonds is 6. The van der Waals surface area contributed by atoms with Crippen LogP contribution in [-0.2, 0) is 16.1 Å². The highest BCUT2D eigenvalue weighted by Crippen LogP contribution is 2.19. The molecule has 0 aliphatic carbocycles. The van der Waals surface area contributed by atoms with Crippen molar-refractivity contribution in [1.29, 1.82) is 0 Å². The minimum Gasteiger partial charge on any atom is -0.466 e. The first-order chi connectivity index (χ1) is 17.3. The molecule has 2 aromatic carbocycles. The standard InChI is InChI=1S/C26H27FN4O5/c1-3-36-25(34)19-9-6-12-29(16-19)23(32)22-24(33)30(15-18-8-5-10-20(27)14-18)26(35)31(28-22)21-11-4-7-17(2)13-21/h4-5,7-8,10-11,13-14,19H,3,6,9,12,15-16H2,1-2H3/t19-/m1/s1. The van der Waals surface area contributed by atoms with Gasteiger partial charge >= 0.3 is 11.7 Å². The molecule has 1 aliphatic heterocycles. The summed E-state index contributed by atoms with van der Waals surface area (Å²) in [6.45, 7) is 3.97. The topological polar surface area (TPSA) is 104 Å². The average Bonchev–Trinajstić information content (AvgIpc) is 2.86. The largest absolute Gasteiger partial charge is 0.466 e. The zero-order valence-electron chi connectivity index (χ0n) is 20.1. The Hall–Kier alpha value is -4.08. The molecule has 1 atom stereocenters. The van der Waals surface area contributed by atoms with Gasteiger partial charge in [-0.25, -0.2) is 9.18 Å². The minimum absolute atomic E-state index is 0.0895. The number of carbonyl (C=O) groups is 2. The quantitative estimate of drug-likeness (QED) is 0.487. The molecule has 9 nitrogen and oxygen atoms in total. The van der Waals surface area contributed by atoms with E-state index >= 15 is 0 Å². The van der Waals surface area contributed by atoms with Crippen LogP contribution in [0, 0.1) is 18.7 Å². The molecule has 1 saturated heterocycles. The molecule has 4 rings (SSSR count). The highest BCUT2D eigenvalue weighted by molar-refractivity contribution is 5.92. The molecule has 0 N–H and O–H groups in total. The van der Waals surface area contributed by atoms with Crippen molar-refractivity contribution in [2.75, 3.05) is 19.7 Å². The molecule has 0 saturated carbocycles. The molecule has 0 radical (unpaired) electrons. The van der Waals surface area contributed by atoms with Gasteiger partial charge in [0.25, 0.3) is 11.5 Å². The fraction of sp³-hybridized carbons (Fsp3) is 0.346. The molecule has 1 aliphatic rings. The highest BCUT2D eigenvalue weighted by atomic mass is 19.1. The van der Waals surface area contributed by atoms with Crippen molar-refractivity contribution in [1.82, 2.24) is 19.2 Å². The van der Waals surface area contributed by atoms with Gasteiger partial charge in [-0.2, -0.15) is 9.78 Å². The van der Waals surface area contributed by atoms with Gasteiger partial charge in [-0.15, -0.1) is 0 Å². The number of hydrogen-bond donors (Lipinski definition) is 0. The van der Waals surface area contributed by atoms with Gasteiger partial charge in [-0.3, -0.25) is 19.0 Å². The van der Waals surface area contributed by atoms with Gasteiger partial charge in [0, 0.05) is 13.1 Å². The van der Waals surface area contributed by atoms with Crippen LogP contribution >= 0.6 is 0 Å². The summed E-state index contributed by atoms with van der Waals surface area (Å²) < 4.78 is 20.8. The number of piperidine rings is 1. The maximum absolute atomic E-state index is 13.8. The van der Waals surface area contributed by atoms with E-state index in [4.69, 9.17) is 4.74 Å². The number of likely N-dealkylation sites (tertiary alicyclic amines) is 1. The minimum atomic E-state index is -0.878. The predicted octanol–water partition coefficient (Wildman–Crippen LogP) is 2.31. The lowest BCUT2D eigenvalue weighted by Crippen LogP contribution is -2.49. The lowest BCUT2D eigenvalue weighted by molar-refractivity contribution is -0.149. The SMILES string of the molecule is CCOC(=O)[C@@H]1CCCN(C(=O)c2nn(-c3cccc(C)c3)c(=O)n(Cc3cccc(F)c3)c2=O)C1. The first-order valence-corrected chi connectivity index (χ1v) is 11.8. The Bertz CT molecular complexity index is 1410. The second-order valence-corrected chi connectivity index (χ2v) is 8.75. The Kier molecular flexibility index (Phi) is 7.42. The van der Waals surface area contributed by atoms with E-state index in [1.165, 1.54) is 23.1 Å². The molecule has 0 unspecified atom stereocenters. The van der Waals surface area contributed by atoms with Crippen molar-refractivity contribution >= 4 is 11.9 Å². The normalized spacial score (nSPS) is 15.5. The molecule has 0 bridgehead atoms. The molecule has 36 heavy (non-hydrogen) atoms. The summed E-state index contributed by atoms with van der Waals surface area (Å²) in [6.07, 6.45) is 1.13. The van der Waals surface area contributed by atoms with E-state index in [0.29, 0.717) is 30.6 Å². The highest BCUT2D eigenvalue weighted by Gasteiger charge is 2.32. The van der Waals surface area contributed by atoms with E-state index in [1.807, 2.05) is 13.0 Å². The third kappa shape index (κ3) is 5.27. The van der Waals surface area contributed by atoms with Crippen molar-refractivity contribution in [2.24, 2.45) is 5.92 Å². The van der Waals surface area contributed by atoms with Crippen molar-refractivity contribution in [3.8, 4) is 5.69 Å². The number of hydrogen-bond acceptors (Lipinski definition) is 6. The number of halogens is 1. The fourth-order valence-electron chi connectivity index (χ4n) is 4.30. The maximum atomic E-state index is 13.8. The van der Waals surface area contributed by atoms with Crippen molar-refractivity contribution < 1.29 is 18.7 Å². The summed E-state index contributed by atoms with van der Waals surface area (Å²) in [5.41, 5.74) is -0.465. The number of aromatic nitrogens is 3. The zero-order chi connectivity index (χ0) is 25.8. The Balaban J connectivity index is 1.79. The van der Waals surface area contributed by atoms with Gasteiger partial charge in [0.2, 0.25) is 5.69 Å². The van der Waals surface area contributed by atoms with Gasteiger partial charge in [0.05, 0.1) is 24.8 Å². The van der Waals surface area contributed by atoms with Gasteiger partial charge in [0.1, 0.15) is 5.82 Å². The maximum Gasteiger partial charge on any atom is 0.352 e. The third-order valence-electron chi connectivity index (χ3n) is 6.07. The Labute approximate surface area is 206 Å². The first kappa shape index (κ1) is 25.0. The third-order valence-corrected chi connectivity index (χ3v) is 6.07. The second kappa shape index (κ2) is 10.7. The molecule has 2 heterocycles. The van der Waals surface area contributed by atoms with Gasteiger partial charge < -0.3 is 9.64 Å². The number of benzene rings is 2. The number of esters is 1. The van der Waals surface area contributed by atoms with Crippen LogP contribution in [-0.4, -0.2) is 50.8 Å². The molecule has 1 aromatic heterocycles. The van der Waals surface area contributed by atoms with E-state index in [-0.39, 0.29) is 19.7 Å². The molecule has 0 spiro atoms. The van der Waals surface area contributed by atoms with Crippen LogP contribution in [0.5, 0.6) is 0 Å². The summed E-state index contributed by atoms with van der Waals surface area (Å²) in [5, 5.41) is 4.17. The Morgan fingerprint density at radius 2 is 1.92 bits per heavy atom. The Morgan fingerprint density at radius 1 is 1.14 bits per heavy atom. The summed E-state index contributed by atoms with van der Waals surface area (Å²) in [5.74, 6) is -2.08. The van der Waals surface area contributed by atoms with Crippen LogP contribution in [0.3, 0.4) is 0 Å². The lowest BCUT2D eigenvalue weighted by Gasteiger charge is -2.31. The van der Waals surface area contributed by atoms with Crippen LogP contribution in [0.15, 0.2) is 58.1 Å². The van der Waals surface area contributed by atoms with Crippen LogP contribution < -0.4 is 11.2 Å². The summed E-state index contributed by atoms with van der Waals surface area (Å²) in [4.78, 5) is 53.9. The first-order valence-electron chi connectivity index (χ1n) is 11.8. The molecule has 10 heteroatoms. The van der Waals surface area contributed by atoms with Crippen molar-refractivity contribution in [3.63, 3.8) is 0 Å². The summed E-state index contributed by atoms with van der Waals surface area (Å²) >= 11 is 0. The number of nitrogens with zero attached hydrogens (tertiary/aromatic N) is 4. The second-order valence-electron chi connectivity index (χ2n) is 8.75. The molecule has 1 amide bonds. The van der Waals surface area contributed by atoms with Crippen molar-refractivity contribution in [2.45, 2.75) is 33.2 Å². The van der Waals surface area contributed by atoms with Gasteiger partial charge in [-0.1, -0.05) is 24.3 Å². The van der Waals surface area contributed by atoms with E-state index in [0.717, 1.165) is 14.8 Å². The molecular weight excluding hydrogens is 467 g/mol. The van der Waals surface area contributed by atoms with Crippen LogP contribution in [0.2, 0.25) is 0 Å². The smallest absolute Gasteiger partial charge is 0.352 e. The van der Waals surface area contributed by atoms with Crippen LogP contribution in [0.1, 0.15) is 41.4 Å². The predicted molar refractivity (Wildman–Crippen MR) is 130 cm³/mol. The Morgan fingerprint density at radius 3 is 2.64 bits per heavy atom. The van der Waals surface area contributed by atoms with E-state index in [2.05, 4.69) is 5.10 Å². The number of carbonyl (C=O) groups excluding carboxylic acids is 2.